The van der Waals surface area contributed by atoms with Gasteiger partial charge >= 0.3 is 0 Å². The van der Waals surface area contributed by atoms with Crippen LogP contribution < -0.4 is 5.32 Å². The van der Waals surface area contributed by atoms with Gasteiger partial charge in [0, 0.05) is 30.1 Å². The van der Waals surface area contributed by atoms with E-state index in [2.05, 4.69) is 26.3 Å². The number of rotatable bonds is 4. The molecule has 25 heavy (non-hydrogen) atoms. The van der Waals surface area contributed by atoms with Crippen molar-refractivity contribution in [2.24, 2.45) is 0 Å². The van der Waals surface area contributed by atoms with E-state index in [4.69, 9.17) is 11.6 Å². The highest BCUT2D eigenvalue weighted by atomic mass is 35.5. The number of anilines is 1. The van der Waals surface area contributed by atoms with E-state index in [0.29, 0.717) is 17.1 Å². The van der Waals surface area contributed by atoms with E-state index in [1.807, 2.05) is 19.9 Å². The molecule has 0 fully saturated rings. The highest BCUT2D eigenvalue weighted by Gasteiger charge is 2.17. The molecule has 0 bridgehead atoms. The molecule has 1 aliphatic carbocycles. The topological polar surface area (TPSA) is 67.8 Å². The number of nitrogens with one attached hydrogen (secondary N) is 1. The summed E-state index contributed by atoms with van der Waals surface area (Å²) in [6.07, 6.45) is 11.3. The molecular weight excluding hydrogens is 336 g/mol. The maximum absolute atomic E-state index is 12.6. The minimum absolute atomic E-state index is 0.217. The summed E-state index contributed by atoms with van der Waals surface area (Å²) >= 11 is 6.26. The molecule has 0 unspecified atom stereocenters. The van der Waals surface area contributed by atoms with Gasteiger partial charge in [0.25, 0.3) is 5.91 Å². The molecule has 1 aliphatic rings. The minimum atomic E-state index is -0.289. The van der Waals surface area contributed by atoms with Crippen molar-refractivity contribution in [2.45, 2.75) is 45.4 Å². The first-order chi connectivity index (χ1) is 12.1. The van der Waals surface area contributed by atoms with E-state index in [1.54, 1.807) is 18.6 Å². The van der Waals surface area contributed by atoms with Gasteiger partial charge < -0.3 is 5.32 Å². The first-order valence-electron chi connectivity index (χ1n) is 8.53. The zero-order valence-corrected chi connectivity index (χ0v) is 15.2. The number of carbonyl (C=O) groups excluding carboxylic acids is 1. The third-order valence-corrected chi connectivity index (χ3v) is 4.52. The van der Waals surface area contributed by atoms with Gasteiger partial charge in [-0.1, -0.05) is 31.5 Å². The first kappa shape index (κ1) is 17.5. The van der Waals surface area contributed by atoms with Crippen LogP contribution in [0.25, 0.3) is 5.57 Å². The van der Waals surface area contributed by atoms with Crippen molar-refractivity contribution in [3.05, 3.63) is 52.8 Å². The van der Waals surface area contributed by atoms with Crippen molar-refractivity contribution in [1.82, 2.24) is 15.0 Å². The predicted molar refractivity (Wildman–Crippen MR) is 99.8 cm³/mol. The Hall–Kier alpha value is -2.27. The van der Waals surface area contributed by atoms with Crippen LogP contribution in [0.1, 0.15) is 67.2 Å². The molecule has 0 spiro atoms. The number of carbonyl (C=O) groups is 1. The molecule has 0 saturated carbocycles. The molecule has 2 heterocycles. The van der Waals surface area contributed by atoms with Crippen LogP contribution in [-0.2, 0) is 0 Å². The average molecular weight is 357 g/mol. The van der Waals surface area contributed by atoms with E-state index in [0.717, 1.165) is 24.8 Å². The van der Waals surface area contributed by atoms with E-state index in [9.17, 15) is 4.79 Å². The summed E-state index contributed by atoms with van der Waals surface area (Å²) in [5.74, 6) is 0.640. The van der Waals surface area contributed by atoms with E-state index in [-0.39, 0.29) is 17.0 Å². The van der Waals surface area contributed by atoms with Gasteiger partial charge in [0.15, 0.2) is 5.15 Å². The number of halogens is 1. The van der Waals surface area contributed by atoms with Gasteiger partial charge in [-0.15, -0.1) is 0 Å². The van der Waals surface area contributed by atoms with Gasteiger partial charge in [-0.25, -0.2) is 15.0 Å². The van der Waals surface area contributed by atoms with Crippen molar-refractivity contribution < 1.29 is 4.79 Å². The van der Waals surface area contributed by atoms with Crippen LogP contribution in [-0.4, -0.2) is 20.9 Å². The Balaban J connectivity index is 1.87. The molecule has 5 nitrogen and oxygen atoms in total. The molecule has 0 radical (unpaired) electrons. The molecule has 1 amide bonds. The summed E-state index contributed by atoms with van der Waals surface area (Å²) in [5, 5.41) is 3.18. The monoisotopic (exact) mass is 356 g/mol. The van der Waals surface area contributed by atoms with Gasteiger partial charge in [-0.2, -0.15) is 0 Å². The van der Waals surface area contributed by atoms with Crippen molar-refractivity contribution in [3.8, 4) is 0 Å². The third kappa shape index (κ3) is 4.04. The molecule has 2 aromatic rings. The van der Waals surface area contributed by atoms with Crippen LogP contribution in [0.15, 0.2) is 30.7 Å². The van der Waals surface area contributed by atoms with Crippen LogP contribution in [0.2, 0.25) is 5.15 Å². The summed E-state index contributed by atoms with van der Waals surface area (Å²) < 4.78 is 0. The summed E-state index contributed by atoms with van der Waals surface area (Å²) in [5.41, 5.74) is 3.09. The van der Waals surface area contributed by atoms with Crippen LogP contribution in [0.4, 0.5) is 5.69 Å². The molecule has 6 heteroatoms. The Bertz CT molecular complexity index is 800. The third-order valence-electron chi connectivity index (χ3n) is 4.23. The minimum Gasteiger partial charge on any atom is -0.319 e. The average Bonchev–Trinajstić information content (AvgIpc) is 2.64. The summed E-state index contributed by atoms with van der Waals surface area (Å²) in [7, 11) is 0. The second-order valence-corrected chi connectivity index (χ2v) is 6.80. The lowest BCUT2D eigenvalue weighted by molar-refractivity contribution is 0.102. The second-order valence-electron chi connectivity index (χ2n) is 6.44. The summed E-state index contributed by atoms with van der Waals surface area (Å²) in [6, 6.07) is 1.90. The summed E-state index contributed by atoms with van der Waals surface area (Å²) in [4.78, 5) is 25.2. The molecule has 3 rings (SSSR count). The van der Waals surface area contributed by atoms with Crippen LogP contribution in [0.5, 0.6) is 0 Å². The van der Waals surface area contributed by atoms with E-state index >= 15 is 0 Å². The predicted octanol–water partition coefficient (Wildman–Crippen LogP) is 4.86. The fourth-order valence-corrected chi connectivity index (χ4v) is 3.05. The highest BCUT2D eigenvalue weighted by Crippen LogP contribution is 2.34. The highest BCUT2D eigenvalue weighted by molar-refractivity contribution is 6.33. The van der Waals surface area contributed by atoms with E-state index < -0.39 is 0 Å². The Labute approximate surface area is 152 Å². The van der Waals surface area contributed by atoms with Crippen molar-refractivity contribution in [2.75, 3.05) is 5.32 Å². The molecule has 0 aliphatic heterocycles. The number of hydrogen-bond donors (Lipinski definition) is 1. The van der Waals surface area contributed by atoms with Crippen LogP contribution in [0, 0.1) is 0 Å². The van der Waals surface area contributed by atoms with Crippen LogP contribution >= 0.6 is 11.6 Å². The number of hydrogen-bond acceptors (Lipinski definition) is 4. The lowest BCUT2D eigenvalue weighted by Crippen LogP contribution is -2.15. The Morgan fingerprint density at radius 1 is 1.20 bits per heavy atom. The first-order valence-corrected chi connectivity index (χ1v) is 8.91. The number of allylic oxidation sites excluding steroid dienone is 2. The number of aromatic nitrogens is 3. The smallest absolute Gasteiger partial charge is 0.258 e. The van der Waals surface area contributed by atoms with Crippen molar-refractivity contribution >= 4 is 28.8 Å². The lowest BCUT2D eigenvalue weighted by Gasteiger charge is -2.17. The maximum atomic E-state index is 12.6. The molecule has 130 valence electrons. The molecular formula is C19H21ClN4O. The molecule has 0 atom stereocenters. The SMILES string of the molecule is CC(C)c1ncc(C(=O)Nc2c(C3=CCCCC3)ccnc2Cl)cn1. The Morgan fingerprint density at radius 3 is 2.60 bits per heavy atom. The Kier molecular flexibility index (Phi) is 5.43. The largest absolute Gasteiger partial charge is 0.319 e. The second kappa shape index (κ2) is 7.74. The van der Waals surface area contributed by atoms with Gasteiger partial charge in [0.05, 0.1) is 11.3 Å². The van der Waals surface area contributed by atoms with Gasteiger partial charge in [0.1, 0.15) is 5.82 Å². The molecule has 0 aromatic carbocycles. The van der Waals surface area contributed by atoms with Gasteiger partial charge in [-0.05, 0) is 37.3 Å². The van der Waals surface area contributed by atoms with Crippen molar-refractivity contribution in [1.29, 1.82) is 0 Å². The molecule has 1 N–H and O–H groups in total. The standard InChI is InChI=1S/C19H21ClN4O/c1-12(2)18-22-10-14(11-23-18)19(25)24-16-15(8-9-21-17(16)20)13-6-4-3-5-7-13/h6,8-12H,3-5,7H2,1-2H3,(H,24,25). The fraction of sp³-hybridized carbons (Fsp3) is 0.368. The summed E-state index contributed by atoms with van der Waals surface area (Å²) in [6.45, 7) is 4.02. The van der Waals surface area contributed by atoms with E-state index in [1.165, 1.54) is 12.0 Å². The van der Waals surface area contributed by atoms with Crippen LogP contribution in [0.3, 0.4) is 0 Å². The number of pyridine rings is 1. The lowest BCUT2D eigenvalue weighted by atomic mass is 9.93. The van der Waals surface area contributed by atoms with Gasteiger partial charge in [-0.3, -0.25) is 4.79 Å². The van der Waals surface area contributed by atoms with Gasteiger partial charge in [0.2, 0.25) is 0 Å². The van der Waals surface area contributed by atoms with Crippen molar-refractivity contribution in [3.63, 3.8) is 0 Å². The number of nitrogens with zero attached hydrogens (tertiary/aromatic N) is 3. The molecule has 0 saturated heterocycles. The quantitative estimate of drug-likeness (QED) is 0.794. The zero-order valence-electron chi connectivity index (χ0n) is 14.4. The number of amides is 1. The zero-order chi connectivity index (χ0) is 17.8. The normalized spacial score (nSPS) is 14.3. The Morgan fingerprint density at radius 2 is 1.96 bits per heavy atom. The fourth-order valence-electron chi connectivity index (χ4n) is 2.84. The maximum Gasteiger partial charge on any atom is 0.258 e. The molecule has 2 aromatic heterocycles.